The molecule has 0 radical (unpaired) electrons. The van der Waals surface area contributed by atoms with Gasteiger partial charge in [0.2, 0.25) is 5.91 Å². The van der Waals surface area contributed by atoms with Gasteiger partial charge in [0.15, 0.2) is 5.85 Å². The molecule has 0 spiro atoms. The van der Waals surface area contributed by atoms with E-state index in [1.807, 2.05) is 0 Å². The lowest BCUT2D eigenvalue weighted by atomic mass is 9.84. The van der Waals surface area contributed by atoms with E-state index >= 15 is 0 Å². The van der Waals surface area contributed by atoms with E-state index in [9.17, 15) is 24.1 Å². The number of aliphatic hydroxyl groups excluding tert-OH is 1. The first-order chi connectivity index (χ1) is 19.1. The molecule has 0 aliphatic heterocycles. The SMILES string of the molecule is CCOP(=O)(OCC)C(O)C(COC(=O)NC)NC(=O)[C@H](CC1CCCCC1)NC(=O)OCc1cccc(Cl)c1. The standard InChI is InChI=1S/C26H41ClN3O9P/c1-4-38-40(35,39-5-2)24(32)22(17-37-25(33)28-3)29-23(31)21(15-18-10-7-6-8-11-18)30-26(34)36-16-19-12-9-13-20(27)14-19/h9,12-14,18,21-22,24,32H,4-8,10-11,15-17H2,1-3H3,(H,28,33)(H,29,31)(H,30,34)/t21-,22?,24?/m0/s1. The van der Waals surface area contributed by atoms with Crippen molar-refractivity contribution < 1.29 is 42.6 Å². The van der Waals surface area contributed by atoms with E-state index in [1.54, 1.807) is 38.1 Å². The lowest BCUT2D eigenvalue weighted by molar-refractivity contribution is -0.125. The van der Waals surface area contributed by atoms with Gasteiger partial charge in [-0.3, -0.25) is 9.36 Å². The fourth-order valence-corrected chi connectivity index (χ4v) is 6.35. The van der Waals surface area contributed by atoms with Crippen molar-refractivity contribution in [2.75, 3.05) is 26.9 Å². The maximum atomic E-state index is 13.5. The summed E-state index contributed by atoms with van der Waals surface area (Å²) in [5.74, 6) is -2.35. The molecule has 12 nitrogen and oxygen atoms in total. The molecule has 1 aliphatic carbocycles. The van der Waals surface area contributed by atoms with Gasteiger partial charge >= 0.3 is 19.8 Å². The zero-order valence-corrected chi connectivity index (χ0v) is 24.9. The van der Waals surface area contributed by atoms with Gasteiger partial charge < -0.3 is 39.6 Å². The number of ether oxygens (including phenoxy) is 2. The summed E-state index contributed by atoms with van der Waals surface area (Å²) in [5, 5.41) is 18.9. The Bertz CT molecular complexity index is 999. The van der Waals surface area contributed by atoms with Crippen LogP contribution in [0, 0.1) is 5.92 Å². The number of rotatable bonds is 15. The van der Waals surface area contributed by atoms with E-state index in [2.05, 4.69) is 16.0 Å². The molecule has 1 saturated carbocycles. The topological polar surface area (TPSA) is 162 Å². The quantitative estimate of drug-likeness (QED) is 0.213. The third-order valence-corrected chi connectivity index (χ3v) is 8.87. The first kappa shape index (κ1) is 33.8. The predicted molar refractivity (Wildman–Crippen MR) is 149 cm³/mol. The van der Waals surface area contributed by atoms with E-state index in [0.29, 0.717) is 17.0 Å². The van der Waals surface area contributed by atoms with Gasteiger partial charge in [0.1, 0.15) is 25.3 Å². The minimum absolute atomic E-state index is 0.0321. The van der Waals surface area contributed by atoms with E-state index in [0.717, 1.165) is 32.1 Å². The third-order valence-electron chi connectivity index (χ3n) is 6.39. The van der Waals surface area contributed by atoms with Crippen molar-refractivity contribution in [3.05, 3.63) is 34.9 Å². The van der Waals surface area contributed by atoms with Crippen LogP contribution in [0.15, 0.2) is 24.3 Å². The van der Waals surface area contributed by atoms with Crippen molar-refractivity contribution >= 4 is 37.3 Å². The second-order valence-electron chi connectivity index (χ2n) is 9.40. The lowest BCUT2D eigenvalue weighted by Gasteiger charge is -2.31. The van der Waals surface area contributed by atoms with Crippen LogP contribution in [0.4, 0.5) is 9.59 Å². The average molecular weight is 606 g/mol. The van der Waals surface area contributed by atoms with Crippen LogP contribution in [0.2, 0.25) is 5.02 Å². The van der Waals surface area contributed by atoms with Crippen LogP contribution in [-0.4, -0.2) is 68.0 Å². The van der Waals surface area contributed by atoms with Crippen molar-refractivity contribution in [1.82, 2.24) is 16.0 Å². The van der Waals surface area contributed by atoms with Crippen LogP contribution < -0.4 is 16.0 Å². The molecular formula is C26H41ClN3O9P. The van der Waals surface area contributed by atoms with Gasteiger partial charge in [-0.2, -0.15) is 0 Å². The number of amides is 3. The maximum Gasteiger partial charge on any atom is 0.408 e. The molecule has 3 amide bonds. The number of halogens is 1. The Morgan fingerprint density at radius 1 is 1.05 bits per heavy atom. The molecule has 0 aromatic heterocycles. The van der Waals surface area contributed by atoms with E-state index in [4.69, 9.17) is 30.1 Å². The first-order valence-corrected chi connectivity index (χ1v) is 15.5. The molecule has 1 aromatic rings. The second kappa shape index (κ2) is 17.4. The number of alkyl carbamates (subject to hydrolysis) is 2. The summed E-state index contributed by atoms with van der Waals surface area (Å²) in [7, 11) is -2.78. The number of nitrogens with one attached hydrogen (secondary N) is 3. The molecule has 4 N–H and O–H groups in total. The molecule has 226 valence electrons. The van der Waals surface area contributed by atoms with Crippen LogP contribution >= 0.6 is 19.2 Å². The Morgan fingerprint density at radius 3 is 2.33 bits per heavy atom. The van der Waals surface area contributed by atoms with Gasteiger partial charge in [0.25, 0.3) is 0 Å². The van der Waals surface area contributed by atoms with Crippen molar-refractivity contribution in [1.29, 1.82) is 0 Å². The normalized spacial score (nSPS) is 16.3. The Hall–Kier alpha value is -2.37. The fraction of sp³-hybridized carbons (Fsp3) is 0.654. The molecule has 1 aliphatic rings. The summed E-state index contributed by atoms with van der Waals surface area (Å²) in [4.78, 5) is 37.9. The summed E-state index contributed by atoms with van der Waals surface area (Å²) in [6, 6.07) is 4.43. The monoisotopic (exact) mass is 605 g/mol. The summed E-state index contributed by atoms with van der Waals surface area (Å²) in [5.41, 5.74) is 0.674. The Labute approximate surface area is 240 Å². The van der Waals surface area contributed by atoms with Gasteiger partial charge in [-0.05, 0) is 43.9 Å². The molecule has 0 heterocycles. The Kier molecular flexibility index (Phi) is 14.8. The highest BCUT2D eigenvalue weighted by molar-refractivity contribution is 7.54. The minimum atomic E-state index is -4.13. The van der Waals surface area contributed by atoms with Crippen molar-refractivity contribution in [2.24, 2.45) is 5.92 Å². The molecule has 1 fully saturated rings. The largest absolute Gasteiger partial charge is 0.447 e. The summed E-state index contributed by atoms with van der Waals surface area (Å²) in [6.07, 6.45) is 3.64. The van der Waals surface area contributed by atoms with E-state index in [-0.39, 0.29) is 25.7 Å². The maximum absolute atomic E-state index is 13.5. The summed E-state index contributed by atoms with van der Waals surface area (Å²) < 4.78 is 34.1. The zero-order valence-electron chi connectivity index (χ0n) is 23.2. The van der Waals surface area contributed by atoms with Crippen LogP contribution in [0.3, 0.4) is 0 Å². The molecule has 14 heteroatoms. The average Bonchev–Trinajstić information content (AvgIpc) is 2.94. The van der Waals surface area contributed by atoms with E-state index < -0.39 is 50.2 Å². The molecule has 0 bridgehead atoms. The first-order valence-electron chi connectivity index (χ1n) is 13.5. The molecule has 2 rings (SSSR count). The summed E-state index contributed by atoms with van der Waals surface area (Å²) >= 11 is 5.99. The molecular weight excluding hydrogens is 565 g/mol. The highest BCUT2D eigenvalue weighted by Crippen LogP contribution is 2.53. The number of carbonyl (C=O) groups is 3. The Balaban J connectivity index is 2.20. The van der Waals surface area contributed by atoms with Gasteiger partial charge in [0.05, 0.1) is 13.2 Å². The van der Waals surface area contributed by atoms with Gasteiger partial charge in [0, 0.05) is 12.1 Å². The highest BCUT2D eigenvalue weighted by atomic mass is 35.5. The fourth-order valence-electron chi connectivity index (χ4n) is 4.44. The zero-order chi connectivity index (χ0) is 29.5. The van der Waals surface area contributed by atoms with Crippen LogP contribution in [0.25, 0.3) is 0 Å². The van der Waals surface area contributed by atoms with Gasteiger partial charge in [-0.1, -0.05) is 55.8 Å². The highest BCUT2D eigenvalue weighted by Gasteiger charge is 2.42. The number of hydrogen-bond donors (Lipinski definition) is 4. The van der Waals surface area contributed by atoms with E-state index in [1.165, 1.54) is 7.05 Å². The molecule has 0 saturated heterocycles. The molecule has 40 heavy (non-hydrogen) atoms. The van der Waals surface area contributed by atoms with Crippen LogP contribution in [-0.2, 0) is 34.5 Å². The molecule has 3 atom stereocenters. The number of hydrogen-bond acceptors (Lipinski definition) is 9. The number of carbonyl (C=O) groups excluding carboxylic acids is 3. The van der Waals surface area contributed by atoms with Crippen LogP contribution in [0.1, 0.15) is 57.9 Å². The number of aliphatic hydroxyl groups is 1. The van der Waals surface area contributed by atoms with Crippen molar-refractivity contribution in [3.8, 4) is 0 Å². The van der Waals surface area contributed by atoms with Crippen LogP contribution in [0.5, 0.6) is 0 Å². The Morgan fingerprint density at radius 2 is 1.73 bits per heavy atom. The minimum Gasteiger partial charge on any atom is -0.447 e. The summed E-state index contributed by atoms with van der Waals surface area (Å²) in [6.45, 7) is 2.49. The van der Waals surface area contributed by atoms with Gasteiger partial charge in [-0.15, -0.1) is 0 Å². The third kappa shape index (κ3) is 11.2. The molecule has 2 unspecified atom stereocenters. The van der Waals surface area contributed by atoms with Crippen molar-refractivity contribution in [3.63, 3.8) is 0 Å². The smallest absolute Gasteiger partial charge is 0.408 e. The molecule has 1 aromatic carbocycles. The predicted octanol–water partition coefficient (Wildman–Crippen LogP) is 4.33. The van der Waals surface area contributed by atoms with Crippen molar-refractivity contribution in [2.45, 2.75) is 76.9 Å². The van der Waals surface area contributed by atoms with Gasteiger partial charge in [-0.25, -0.2) is 9.59 Å². The second-order valence-corrected chi connectivity index (χ2v) is 12.0. The lowest BCUT2D eigenvalue weighted by Crippen LogP contribution is -2.55. The number of benzene rings is 1.